The molecule has 0 spiro atoms. The molecule has 2 aliphatic heterocycles. The van der Waals surface area contributed by atoms with E-state index in [1.807, 2.05) is 0 Å². The molecule has 0 amide bonds. The fraction of sp³-hybridized carbons (Fsp3) is 1.00. The predicted octanol–water partition coefficient (Wildman–Crippen LogP) is 1.61. The van der Waals surface area contributed by atoms with Crippen LogP contribution in [0.25, 0.3) is 0 Å². The molecule has 0 radical (unpaired) electrons. The first-order valence-corrected chi connectivity index (χ1v) is 8.53. The van der Waals surface area contributed by atoms with Crippen LogP contribution in [0.3, 0.4) is 0 Å². The van der Waals surface area contributed by atoms with Crippen LogP contribution >= 0.6 is 0 Å². The Bertz CT molecular complexity index is 248. The molecule has 2 fully saturated rings. The topological polar surface area (TPSA) is 36.5 Å². The second-order valence-electron chi connectivity index (χ2n) is 6.62. The minimum atomic E-state index is 0.564. The maximum Gasteiger partial charge on any atom is 0.0594 e. The Balaban J connectivity index is 1.63. The van der Waals surface area contributed by atoms with Gasteiger partial charge in [-0.25, -0.2) is 0 Å². The second kappa shape index (κ2) is 8.98. The van der Waals surface area contributed by atoms with E-state index < -0.39 is 0 Å². The lowest BCUT2D eigenvalue weighted by atomic mass is 10.0. The number of rotatable bonds is 6. The summed E-state index contributed by atoms with van der Waals surface area (Å²) in [5, 5.41) is 7.47. The summed E-state index contributed by atoms with van der Waals surface area (Å²) in [5.41, 5.74) is 0. The van der Waals surface area contributed by atoms with Crippen LogP contribution < -0.4 is 10.6 Å². The molecular weight excluding hydrogens is 250 g/mol. The average Bonchev–Trinajstić information content (AvgIpc) is 2.68. The van der Waals surface area contributed by atoms with Crippen molar-refractivity contribution in [3.63, 3.8) is 0 Å². The van der Waals surface area contributed by atoms with E-state index in [-0.39, 0.29) is 0 Å². The Morgan fingerprint density at radius 3 is 2.75 bits per heavy atom. The summed E-state index contributed by atoms with van der Waals surface area (Å²) in [6.45, 7) is 11.0. The van der Waals surface area contributed by atoms with Crippen molar-refractivity contribution in [3.8, 4) is 0 Å². The van der Waals surface area contributed by atoms with Crippen LogP contribution in [-0.4, -0.2) is 62.4 Å². The number of nitrogens with zero attached hydrogens (tertiary/aromatic N) is 1. The Hall–Kier alpha value is -0.160. The number of nitrogens with one attached hydrogen (secondary N) is 2. The first kappa shape index (κ1) is 16.2. The van der Waals surface area contributed by atoms with Crippen LogP contribution in [0.2, 0.25) is 0 Å². The Kier molecular flexibility index (Phi) is 7.28. The lowest BCUT2D eigenvalue weighted by Gasteiger charge is -2.31. The van der Waals surface area contributed by atoms with E-state index in [2.05, 4.69) is 29.4 Å². The van der Waals surface area contributed by atoms with Crippen LogP contribution in [0, 0.1) is 0 Å². The molecule has 2 saturated heterocycles. The van der Waals surface area contributed by atoms with E-state index in [0.717, 1.165) is 38.9 Å². The Morgan fingerprint density at radius 1 is 1.15 bits per heavy atom. The number of ether oxygens (including phenoxy) is 1. The van der Waals surface area contributed by atoms with Crippen LogP contribution in [0.5, 0.6) is 0 Å². The summed E-state index contributed by atoms with van der Waals surface area (Å²) in [5.74, 6) is 0. The molecule has 2 N–H and O–H groups in total. The normalized spacial score (nSPS) is 28.8. The third kappa shape index (κ3) is 6.08. The maximum absolute atomic E-state index is 5.40. The molecule has 20 heavy (non-hydrogen) atoms. The van der Waals surface area contributed by atoms with Gasteiger partial charge in [0.05, 0.1) is 13.2 Å². The van der Waals surface area contributed by atoms with Gasteiger partial charge in [0.25, 0.3) is 0 Å². The summed E-state index contributed by atoms with van der Waals surface area (Å²) < 4.78 is 5.40. The second-order valence-corrected chi connectivity index (χ2v) is 6.62. The molecule has 4 heteroatoms. The fourth-order valence-electron chi connectivity index (χ4n) is 3.51. The van der Waals surface area contributed by atoms with Crippen LogP contribution in [0.4, 0.5) is 0 Å². The van der Waals surface area contributed by atoms with Crippen molar-refractivity contribution in [1.82, 2.24) is 15.5 Å². The summed E-state index contributed by atoms with van der Waals surface area (Å²) in [7, 11) is 0. The van der Waals surface area contributed by atoms with Gasteiger partial charge in [-0.2, -0.15) is 0 Å². The number of hydrogen-bond acceptors (Lipinski definition) is 4. The standard InChI is InChI=1S/C16H33N3O/c1-14(12-16-6-4-3-5-7-17-16)18-15(2)13-19-8-10-20-11-9-19/h14-18H,3-13H2,1-2H3. The maximum atomic E-state index is 5.40. The van der Waals surface area contributed by atoms with Crippen molar-refractivity contribution in [2.45, 2.75) is 64.1 Å². The number of hydrogen-bond donors (Lipinski definition) is 2. The van der Waals surface area contributed by atoms with Crippen molar-refractivity contribution in [3.05, 3.63) is 0 Å². The van der Waals surface area contributed by atoms with Crippen LogP contribution in [-0.2, 0) is 4.74 Å². The van der Waals surface area contributed by atoms with Gasteiger partial charge in [0.1, 0.15) is 0 Å². The Morgan fingerprint density at radius 2 is 1.95 bits per heavy atom. The first-order chi connectivity index (χ1) is 9.74. The van der Waals surface area contributed by atoms with Crippen molar-refractivity contribution in [1.29, 1.82) is 0 Å². The molecule has 4 nitrogen and oxygen atoms in total. The monoisotopic (exact) mass is 283 g/mol. The third-order valence-electron chi connectivity index (χ3n) is 4.51. The fourth-order valence-corrected chi connectivity index (χ4v) is 3.51. The van der Waals surface area contributed by atoms with E-state index in [0.29, 0.717) is 12.1 Å². The molecule has 3 unspecified atom stereocenters. The van der Waals surface area contributed by atoms with Crippen molar-refractivity contribution >= 4 is 0 Å². The molecule has 0 aliphatic carbocycles. The van der Waals surface area contributed by atoms with Gasteiger partial charge in [0, 0.05) is 37.8 Å². The highest BCUT2D eigenvalue weighted by molar-refractivity contribution is 4.79. The zero-order chi connectivity index (χ0) is 14.2. The molecule has 2 heterocycles. The third-order valence-corrected chi connectivity index (χ3v) is 4.51. The largest absolute Gasteiger partial charge is 0.379 e. The van der Waals surface area contributed by atoms with Gasteiger partial charge < -0.3 is 15.4 Å². The van der Waals surface area contributed by atoms with E-state index in [1.54, 1.807) is 0 Å². The summed E-state index contributed by atoms with van der Waals surface area (Å²) in [6, 6.07) is 1.88. The summed E-state index contributed by atoms with van der Waals surface area (Å²) >= 11 is 0. The highest BCUT2D eigenvalue weighted by Crippen LogP contribution is 2.13. The summed E-state index contributed by atoms with van der Waals surface area (Å²) in [6.07, 6.45) is 6.76. The molecule has 118 valence electrons. The molecule has 0 aromatic heterocycles. The van der Waals surface area contributed by atoms with E-state index in [1.165, 1.54) is 38.6 Å². The zero-order valence-corrected chi connectivity index (χ0v) is 13.4. The lowest BCUT2D eigenvalue weighted by molar-refractivity contribution is 0.0338. The van der Waals surface area contributed by atoms with Crippen LogP contribution in [0.15, 0.2) is 0 Å². The van der Waals surface area contributed by atoms with Gasteiger partial charge in [-0.15, -0.1) is 0 Å². The van der Waals surface area contributed by atoms with Gasteiger partial charge in [0.15, 0.2) is 0 Å². The van der Waals surface area contributed by atoms with Gasteiger partial charge in [0.2, 0.25) is 0 Å². The molecule has 0 bridgehead atoms. The quantitative estimate of drug-likeness (QED) is 0.776. The minimum absolute atomic E-state index is 0.564. The van der Waals surface area contributed by atoms with E-state index in [9.17, 15) is 0 Å². The van der Waals surface area contributed by atoms with Gasteiger partial charge in [-0.3, -0.25) is 4.90 Å². The number of morpholine rings is 1. The molecule has 0 saturated carbocycles. The van der Waals surface area contributed by atoms with Crippen molar-refractivity contribution in [2.24, 2.45) is 0 Å². The SMILES string of the molecule is CC(CC1CCCCCN1)NC(C)CN1CCOCC1. The molecule has 2 rings (SSSR count). The highest BCUT2D eigenvalue weighted by Gasteiger charge is 2.18. The molecule has 3 atom stereocenters. The lowest BCUT2D eigenvalue weighted by Crippen LogP contribution is -2.47. The smallest absolute Gasteiger partial charge is 0.0594 e. The van der Waals surface area contributed by atoms with Gasteiger partial charge in [-0.05, 0) is 39.7 Å². The zero-order valence-electron chi connectivity index (χ0n) is 13.4. The average molecular weight is 283 g/mol. The predicted molar refractivity (Wildman–Crippen MR) is 84.2 cm³/mol. The van der Waals surface area contributed by atoms with Gasteiger partial charge in [-0.1, -0.05) is 12.8 Å². The molecule has 0 aromatic rings. The molecule has 0 aromatic carbocycles. The minimum Gasteiger partial charge on any atom is -0.379 e. The van der Waals surface area contributed by atoms with Crippen molar-refractivity contribution < 1.29 is 4.74 Å². The Labute approximate surface area is 124 Å². The molecular formula is C16H33N3O. The molecule has 2 aliphatic rings. The first-order valence-electron chi connectivity index (χ1n) is 8.53. The summed E-state index contributed by atoms with van der Waals surface area (Å²) in [4.78, 5) is 2.51. The van der Waals surface area contributed by atoms with E-state index >= 15 is 0 Å². The van der Waals surface area contributed by atoms with Crippen molar-refractivity contribution in [2.75, 3.05) is 39.4 Å². The van der Waals surface area contributed by atoms with Crippen LogP contribution in [0.1, 0.15) is 46.0 Å². The van der Waals surface area contributed by atoms with E-state index in [4.69, 9.17) is 4.74 Å². The van der Waals surface area contributed by atoms with Gasteiger partial charge >= 0.3 is 0 Å². The highest BCUT2D eigenvalue weighted by atomic mass is 16.5.